The number of nitrogens with two attached hydrogens (primary N) is 2. The van der Waals surface area contributed by atoms with Gasteiger partial charge in [-0.05, 0) is 29.9 Å². The molecule has 9 N–H and O–H groups in total. The van der Waals surface area contributed by atoms with E-state index in [4.69, 9.17) is 11.5 Å². The number of hydrogen-bond donors (Lipinski definition) is 7. The SMILES string of the molecule is CC(C)CC(NC(=O)C(NC(=O)C(Cc1c[nH]c2ccccc12)NC(=O)C(N)CC(N)=O)C(C)C)C(=O)O. The molecule has 12 nitrogen and oxygen atoms in total. The summed E-state index contributed by atoms with van der Waals surface area (Å²) in [5.74, 6) is -4.39. The number of amides is 4. The predicted octanol–water partition coefficient (Wildman–Crippen LogP) is 0.154. The van der Waals surface area contributed by atoms with Crippen molar-refractivity contribution in [3.05, 3.63) is 36.0 Å². The third-order valence-electron chi connectivity index (χ3n) is 6.06. The number of primary amides is 1. The molecule has 38 heavy (non-hydrogen) atoms. The van der Waals surface area contributed by atoms with Crippen molar-refractivity contribution in [1.29, 1.82) is 0 Å². The van der Waals surface area contributed by atoms with Gasteiger partial charge in [-0.2, -0.15) is 0 Å². The third kappa shape index (κ3) is 8.58. The van der Waals surface area contributed by atoms with E-state index >= 15 is 0 Å². The predicted molar refractivity (Wildman–Crippen MR) is 142 cm³/mol. The zero-order valence-corrected chi connectivity index (χ0v) is 22.1. The topological polar surface area (TPSA) is 210 Å². The normalized spacial score (nSPS) is 14.5. The highest BCUT2D eigenvalue weighted by Crippen LogP contribution is 2.19. The number of carboxylic acid groups (broad SMARTS) is 1. The monoisotopic (exact) mass is 530 g/mol. The second kappa shape index (κ2) is 13.6. The summed E-state index contributed by atoms with van der Waals surface area (Å²) in [7, 11) is 0. The van der Waals surface area contributed by atoms with Gasteiger partial charge in [-0.3, -0.25) is 19.2 Å². The lowest BCUT2D eigenvalue weighted by molar-refractivity contribution is -0.143. The molecule has 208 valence electrons. The Balaban J connectivity index is 2.29. The van der Waals surface area contributed by atoms with Crippen LogP contribution in [0.3, 0.4) is 0 Å². The van der Waals surface area contributed by atoms with Crippen molar-refractivity contribution in [2.45, 2.75) is 71.1 Å². The van der Waals surface area contributed by atoms with Crippen LogP contribution in [-0.2, 0) is 30.4 Å². The average molecular weight is 531 g/mol. The van der Waals surface area contributed by atoms with Gasteiger partial charge in [0.05, 0.1) is 12.5 Å². The van der Waals surface area contributed by atoms with E-state index < -0.39 is 66.1 Å². The van der Waals surface area contributed by atoms with Gasteiger partial charge in [0.25, 0.3) is 0 Å². The Morgan fingerprint density at radius 3 is 2.13 bits per heavy atom. The smallest absolute Gasteiger partial charge is 0.326 e. The molecular formula is C26H38N6O6. The van der Waals surface area contributed by atoms with Crippen LogP contribution in [0.2, 0.25) is 0 Å². The molecule has 0 fully saturated rings. The molecule has 2 rings (SSSR count). The summed E-state index contributed by atoms with van der Waals surface area (Å²) in [6, 6.07) is 2.82. The van der Waals surface area contributed by atoms with E-state index in [1.807, 2.05) is 38.1 Å². The molecule has 2 aromatic rings. The van der Waals surface area contributed by atoms with Crippen molar-refractivity contribution in [3.8, 4) is 0 Å². The van der Waals surface area contributed by atoms with Crippen LogP contribution in [0, 0.1) is 11.8 Å². The fourth-order valence-corrected chi connectivity index (χ4v) is 4.06. The lowest BCUT2D eigenvalue weighted by Crippen LogP contribution is -2.59. The van der Waals surface area contributed by atoms with Gasteiger partial charge >= 0.3 is 5.97 Å². The van der Waals surface area contributed by atoms with Crippen LogP contribution < -0.4 is 27.4 Å². The van der Waals surface area contributed by atoms with E-state index in [1.165, 1.54) is 0 Å². The number of fused-ring (bicyclic) bond motifs is 1. The molecule has 0 radical (unpaired) electrons. The van der Waals surface area contributed by atoms with Gasteiger partial charge in [0.1, 0.15) is 18.1 Å². The van der Waals surface area contributed by atoms with Crippen LogP contribution in [0.5, 0.6) is 0 Å². The molecule has 1 aromatic carbocycles. The van der Waals surface area contributed by atoms with E-state index in [0.717, 1.165) is 16.5 Å². The van der Waals surface area contributed by atoms with Crippen molar-refractivity contribution in [3.63, 3.8) is 0 Å². The van der Waals surface area contributed by atoms with Crippen LogP contribution in [0.25, 0.3) is 10.9 Å². The van der Waals surface area contributed by atoms with Crippen LogP contribution in [0.1, 0.15) is 46.1 Å². The number of nitrogens with one attached hydrogen (secondary N) is 4. The largest absolute Gasteiger partial charge is 0.480 e. The van der Waals surface area contributed by atoms with Crippen LogP contribution in [0.15, 0.2) is 30.5 Å². The fourth-order valence-electron chi connectivity index (χ4n) is 4.06. The number of H-pyrrole nitrogens is 1. The Kier molecular flexibility index (Phi) is 10.8. The van der Waals surface area contributed by atoms with Gasteiger partial charge in [-0.25, -0.2) is 4.79 Å². The van der Waals surface area contributed by atoms with Gasteiger partial charge in [0.2, 0.25) is 23.6 Å². The highest BCUT2D eigenvalue weighted by molar-refractivity contribution is 5.95. The molecule has 0 saturated carbocycles. The molecule has 0 aliphatic carbocycles. The maximum atomic E-state index is 13.4. The number of rotatable bonds is 14. The highest BCUT2D eigenvalue weighted by atomic mass is 16.4. The Labute approximate surface area is 221 Å². The molecular weight excluding hydrogens is 492 g/mol. The minimum atomic E-state index is -1.26. The summed E-state index contributed by atoms with van der Waals surface area (Å²) in [6.45, 7) is 7.09. The molecule has 0 spiro atoms. The quantitative estimate of drug-likeness (QED) is 0.180. The highest BCUT2D eigenvalue weighted by Gasteiger charge is 2.32. The zero-order chi connectivity index (χ0) is 28.6. The van der Waals surface area contributed by atoms with E-state index in [2.05, 4.69) is 20.9 Å². The average Bonchev–Trinajstić information content (AvgIpc) is 3.23. The van der Waals surface area contributed by atoms with Crippen LogP contribution >= 0.6 is 0 Å². The number of carbonyl (C=O) groups excluding carboxylic acids is 4. The Hall–Kier alpha value is -3.93. The molecule has 1 aromatic heterocycles. The van der Waals surface area contributed by atoms with Crippen molar-refractivity contribution >= 4 is 40.5 Å². The van der Waals surface area contributed by atoms with Gasteiger partial charge in [0, 0.05) is 23.5 Å². The fraction of sp³-hybridized carbons (Fsp3) is 0.500. The Bertz CT molecular complexity index is 1160. The second-order valence-electron chi connectivity index (χ2n) is 10.2. The molecule has 4 atom stereocenters. The van der Waals surface area contributed by atoms with Crippen molar-refractivity contribution in [1.82, 2.24) is 20.9 Å². The number of benzene rings is 1. The first-order valence-electron chi connectivity index (χ1n) is 12.5. The third-order valence-corrected chi connectivity index (χ3v) is 6.06. The Morgan fingerprint density at radius 1 is 0.921 bits per heavy atom. The molecule has 4 unspecified atom stereocenters. The van der Waals surface area contributed by atoms with Gasteiger partial charge in [-0.15, -0.1) is 0 Å². The Morgan fingerprint density at radius 2 is 1.55 bits per heavy atom. The van der Waals surface area contributed by atoms with Gasteiger partial charge in [0.15, 0.2) is 0 Å². The molecule has 0 saturated heterocycles. The summed E-state index contributed by atoms with van der Waals surface area (Å²) in [6.07, 6.45) is 1.59. The van der Waals surface area contributed by atoms with Crippen molar-refractivity contribution in [2.24, 2.45) is 23.3 Å². The van der Waals surface area contributed by atoms with Crippen molar-refractivity contribution < 1.29 is 29.1 Å². The lowest BCUT2D eigenvalue weighted by atomic mass is 9.99. The summed E-state index contributed by atoms with van der Waals surface area (Å²) < 4.78 is 0. The van der Waals surface area contributed by atoms with Crippen LogP contribution in [0.4, 0.5) is 0 Å². The minimum Gasteiger partial charge on any atom is -0.480 e. The van der Waals surface area contributed by atoms with Crippen molar-refractivity contribution in [2.75, 3.05) is 0 Å². The molecule has 4 amide bonds. The van der Waals surface area contributed by atoms with E-state index in [9.17, 15) is 29.1 Å². The number of para-hydroxylation sites is 1. The molecule has 0 aliphatic heterocycles. The first-order chi connectivity index (χ1) is 17.8. The number of hydrogen-bond acceptors (Lipinski definition) is 6. The number of aliphatic carboxylic acids is 1. The molecule has 1 heterocycles. The lowest BCUT2D eigenvalue weighted by Gasteiger charge is -2.27. The van der Waals surface area contributed by atoms with Crippen LogP contribution in [-0.4, -0.2) is 63.9 Å². The minimum absolute atomic E-state index is 0.0175. The standard InChI is InChI=1S/C26H38N6O6/c1-13(2)9-20(26(37)38)31-25(36)22(14(3)4)32-24(35)19(30-23(34)17(27)11-21(28)33)10-15-12-29-18-8-6-5-7-16(15)18/h5-8,12-14,17,19-20,22,29H,9-11,27H2,1-4H3,(H2,28,33)(H,30,34)(H,31,36)(H,32,35)(H,37,38). The molecule has 0 aliphatic rings. The summed E-state index contributed by atoms with van der Waals surface area (Å²) in [5, 5.41) is 18.1. The number of carbonyl (C=O) groups is 5. The molecule has 0 bridgehead atoms. The second-order valence-corrected chi connectivity index (χ2v) is 10.2. The number of aromatic amines is 1. The van der Waals surface area contributed by atoms with E-state index in [0.29, 0.717) is 0 Å². The maximum absolute atomic E-state index is 13.4. The van der Waals surface area contributed by atoms with Gasteiger partial charge in [-0.1, -0.05) is 45.9 Å². The first-order valence-corrected chi connectivity index (χ1v) is 12.5. The van der Waals surface area contributed by atoms with E-state index in [1.54, 1.807) is 20.0 Å². The molecule has 12 heteroatoms. The number of aromatic nitrogens is 1. The summed E-state index contributed by atoms with van der Waals surface area (Å²) >= 11 is 0. The van der Waals surface area contributed by atoms with E-state index in [-0.39, 0.29) is 18.8 Å². The zero-order valence-electron chi connectivity index (χ0n) is 22.1. The maximum Gasteiger partial charge on any atom is 0.326 e. The first kappa shape index (κ1) is 30.3. The van der Waals surface area contributed by atoms with Gasteiger partial charge < -0.3 is 37.5 Å². The summed E-state index contributed by atoms with van der Waals surface area (Å²) in [4.78, 5) is 65.1. The number of carboxylic acids is 1. The summed E-state index contributed by atoms with van der Waals surface area (Å²) in [5.41, 5.74) is 12.5.